The third kappa shape index (κ3) is 2.92. The Labute approximate surface area is 107 Å². The summed E-state index contributed by atoms with van der Waals surface area (Å²) in [6.07, 6.45) is 0.592. The summed E-state index contributed by atoms with van der Waals surface area (Å²) in [7, 11) is 0. The number of aryl methyl sites for hydroxylation is 1. The molecule has 0 bridgehead atoms. The van der Waals surface area contributed by atoms with Crippen LogP contribution >= 0.6 is 11.6 Å². The zero-order valence-electron chi connectivity index (χ0n) is 9.45. The number of hydrogen-bond acceptors (Lipinski definition) is 3. The Morgan fingerprint density at radius 1 is 1.17 bits per heavy atom. The highest BCUT2D eigenvalue weighted by molar-refractivity contribution is 6.29. The Balaban J connectivity index is 2.27. The van der Waals surface area contributed by atoms with Gasteiger partial charge in [0.05, 0.1) is 0 Å². The van der Waals surface area contributed by atoms with Crippen LogP contribution < -0.4 is 4.74 Å². The highest BCUT2D eigenvalue weighted by atomic mass is 35.5. The van der Waals surface area contributed by atoms with E-state index in [9.17, 15) is 8.78 Å². The van der Waals surface area contributed by atoms with E-state index in [1.54, 1.807) is 0 Å². The zero-order valence-corrected chi connectivity index (χ0v) is 10.2. The molecule has 0 spiro atoms. The molecule has 1 heterocycles. The van der Waals surface area contributed by atoms with E-state index in [2.05, 4.69) is 9.97 Å². The van der Waals surface area contributed by atoms with Crippen LogP contribution in [0.2, 0.25) is 5.15 Å². The van der Waals surface area contributed by atoms with Crippen LogP contribution in [0.4, 0.5) is 8.78 Å². The van der Waals surface area contributed by atoms with Gasteiger partial charge in [-0.2, -0.15) is 4.98 Å². The van der Waals surface area contributed by atoms with Crippen LogP contribution in [0.25, 0.3) is 0 Å². The first kappa shape index (κ1) is 12.7. The van der Waals surface area contributed by atoms with Crippen molar-refractivity contribution < 1.29 is 13.5 Å². The van der Waals surface area contributed by atoms with Gasteiger partial charge >= 0.3 is 0 Å². The molecule has 0 saturated carbocycles. The predicted octanol–water partition coefficient (Wildman–Crippen LogP) is 3.76. The zero-order chi connectivity index (χ0) is 13.1. The van der Waals surface area contributed by atoms with E-state index in [1.807, 2.05) is 6.92 Å². The van der Waals surface area contributed by atoms with Gasteiger partial charge in [0, 0.05) is 18.6 Å². The second kappa shape index (κ2) is 5.27. The van der Waals surface area contributed by atoms with Crippen molar-refractivity contribution in [3.8, 4) is 11.6 Å². The number of hydrogen-bond donors (Lipinski definition) is 0. The molecule has 1 aromatic carbocycles. The van der Waals surface area contributed by atoms with Crippen molar-refractivity contribution in [2.24, 2.45) is 0 Å². The molecule has 0 aliphatic rings. The van der Waals surface area contributed by atoms with E-state index in [1.165, 1.54) is 12.1 Å². The Kier molecular flexibility index (Phi) is 3.72. The van der Waals surface area contributed by atoms with Gasteiger partial charge < -0.3 is 4.74 Å². The van der Waals surface area contributed by atoms with Gasteiger partial charge in [0.2, 0.25) is 5.88 Å². The van der Waals surface area contributed by atoms with Crippen LogP contribution in [0.1, 0.15) is 12.7 Å². The van der Waals surface area contributed by atoms with Crippen molar-refractivity contribution >= 4 is 11.6 Å². The fraction of sp³-hybridized carbons (Fsp3) is 0.167. The minimum Gasteiger partial charge on any atom is -0.439 e. The van der Waals surface area contributed by atoms with Gasteiger partial charge in [-0.3, -0.25) is 0 Å². The molecule has 2 aromatic rings. The number of aromatic nitrogens is 2. The Hall–Kier alpha value is -1.75. The van der Waals surface area contributed by atoms with Crippen LogP contribution in [-0.4, -0.2) is 9.97 Å². The Morgan fingerprint density at radius 2 is 1.94 bits per heavy atom. The van der Waals surface area contributed by atoms with Crippen molar-refractivity contribution in [3.63, 3.8) is 0 Å². The standard InChI is InChI=1S/C12H9ClF2N2O/c1-2-11-16-10(13)6-12(17-11)18-7-3-4-8(14)9(15)5-7/h3-6H,2H2,1H3. The molecule has 1 aromatic heterocycles. The number of rotatable bonds is 3. The number of nitrogens with zero attached hydrogens (tertiary/aromatic N) is 2. The Morgan fingerprint density at radius 3 is 2.61 bits per heavy atom. The normalized spacial score (nSPS) is 10.4. The van der Waals surface area contributed by atoms with Crippen LogP contribution in [0, 0.1) is 11.6 Å². The summed E-state index contributed by atoms with van der Waals surface area (Å²) < 4.78 is 31.0. The van der Waals surface area contributed by atoms with Crippen molar-refractivity contribution in [1.29, 1.82) is 0 Å². The van der Waals surface area contributed by atoms with Crippen molar-refractivity contribution in [2.45, 2.75) is 13.3 Å². The van der Waals surface area contributed by atoms with E-state index in [-0.39, 0.29) is 16.8 Å². The number of ether oxygens (including phenoxy) is 1. The second-order valence-electron chi connectivity index (χ2n) is 3.48. The molecule has 0 aliphatic carbocycles. The average Bonchev–Trinajstić information content (AvgIpc) is 2.33. The third-order valence-corrected chi connectivity index (χ3v) is 2.34. The highest BCUT2D eigenvalue weighted by Gasteiger charge is 2.07. The van der Waals surface area contributed by atoms with Gasteiger partial charge in [-0.05, 0) is 12.1 Å². The van der Waals surface area contributed by atoms with Crippen molar-refractivity contribution in [3.05, 3.63) is 46.9 Å². The maximum absolute atomic E-state index is 13.0. The molecule has 0 amide bonds. The number of benzene rings is 1. The summed E-state index contributed by atoms with van der Waals surface area (Å²) in [6.45, 7) is 1.87. The summed E-state index contributed by atoms with van der Waals surface area (Å²) in [5, 5.41) is 0.236. The van der Waals surface area contributed by atoms with Gasteiger partial charge in [0.1, 0.15) is 16.7 Å². The van der Waals surface area contributed by atoms with E-state index in [4.69, 9.17) is 16.3 Å². The molecule has 0 radical (unpaired) electrons. The summed E-state index contributed by atoms with van der Waals surface area (Å²) in [4.78, 5) is 8.03. The SMILES string of the molecule is CCc1nc(Cl)cc(Oc2ccc(F)c(F)c2)n1. The minimum atomic E-state index is -0.983. The second-order valence-corrected chi connectivity index (χ2v) is 3.86. The molecule has 6 heteroatoms. The van der Waals surface area contributed by atoms with Gasteiger partial charge in [0.15, 0.2) is 11.6 Å². The van der Waals surface area contributed by atoms with Gasteiger partial charge in [-0.1, -0.05) is 18.5 Å². The number of halogens is 3. The minimum absolute atomic E-state index is 0.144. The highest BCUT2D eigenvalue weighted by Crippen LogP contribution is 2.23. The van der Waals surface area contributed by atoms with Gasteiger partial charge in [0.25, 0.3) is 0 Å². The van der Waals surface area contributed by atoms with Crippen molar-refractivity contribution in [1.82, 2.24) is 9.97 Å². The van der Waals surface area contributed by atoms with Gasteiger partial charge in [-0.25, -0.2) is 13.8 Å². The van der Waals surface area contributed by atoms with E-state index < -0.39 is 11.6 Å². The van der Waals surface area contributed by atoms with E-state index >= 15 is 0 Å². The molecular weight excluding hydrogens is 262 g/mol. The first-order valence-corrected chi connectivity index (χ1v) is 5.62. The summed E-state index contributed by atoms with van der Waals surface area (Å²) >= 11 is 5.79. The van der Waals surface area contributed by atoms with Crippen LogP contribution in [-0.2, 0) is 6.42 Å². The first-order chi connectivity index (χ1) is 8.58. The predicted molar refractivity (Wildman–Crippen MR) is 62.9 cm³/mol. The molecule has 3 nitrogen and oxygen atoms in total. The smallest absolute Gasteiger partial charge is 0.224 e. The summed E-state index contributed by atoms with van der Waals surface area (Å²) in [6, 6.07) is 4.63. The topological polar surface area (TPSA) is 35.0 Å². The maximum atomic E-state index is 13.0. The van der Waals surface area contributed by atoms with Crippen LogP contribution in [0.5, 0.6) is 11.6 Å². The molecule has 0 saturated heterocycles. The molecule has 0 N–H and O–H groups in total. The third-order valence-electron chi connectivity index (χ3n) is 2.15. The molecule has 94 valence electrons. The van der Waals surface area contributed by atoms with Crippen LogP contribution in [0.15, 0.2) is 24.3 Å². The lowest BCUT2D eigenvalue weighted by atomic mass is 10.3. The molecule has 18 heavy (non-hydrogen) atoms. The summed E-state index contributed by atoms with van der Waals surface area (Å²) in [5.74, 6) is -1.07. The fourth-order valence-corrected chi connectivity index (χ4v) is 1.50. The lowest BCUT2D eigenvalue weighted by Crippen LogP contribution is -1.97. The molecule has 0 aliphatic heterocycles. The van der Waals surface area contributed by atoms with Crippen LogP contribution in [0.3, 0.4) is 0 Å². The summed E-state index contributed by atoms with van der Waals surface area (Å²) in [5.41, 5.74) is 0. The lowest BCUT2D eigenvalue weighted by Gasteiger charge is -2.06. The first-order valence-electron chi connectivity index (χ1n) is 5.25. The largest absolute Gasteiger partial charge is 0.439 e. The Bertz CT molecular complexity index is 578. The van der Waals surface area contributed by atoms with Gasteiger partial charge in [-0.15, -0.1) is 0 Å². The lowest BCUT2D eigenvalue weighted by molar-refractivity contribution is 0.444. The molecule has 0 atom stereocenters. The molecule has 0 unspecified atom stereocenters. The molecular formula is C12H9ClF2N2O. The molecule has 0 fully saturated rings. The van der Waals surface area contributed by atoms with Crippen molar-refractivity contribution in [2.75, 3.05) is 0 Å². The monoisotopic (exact) mass is 270 g/mol. The van der Waals surface area contributed by atoms with E-state index in [0.29, 0.717) is 12.2 Å². The quantitative estimate of drug-likeness (QED) is 0.797. The molecule has 2 rings (SSSR count). The maximum Gasteiger partial charge on any atom is 0.224 e. The van der Waals surface area contributed by atoms with E-state index in [0.717, 1.165) is 12.1 Å². The fourth-order valence-electron chi connectivity index (χ4n) is 1.31. The average molecular weight is 271 g/mol.